The molecule has 0 spiro atoms. The Labute approximate surface area is 101 Å². The highest BCUT2D eigenvalue weighted by Crippen LogP contribution is 2.16. The van der Waals surface area contributed by atoms with Crippen molar-refractivity contribution in [3.8, 4) is 5.75 Å². The molecule has 0 amide bonds. The zero-order valence-corrected chi connectivity index (χ0v) is 10.5. The molecule has 1 N–H and O–H groups in total. The minimum atomic E-state index is -3.22. The molecule has 1 rings (SSSR count). The van der Waals surface area contributed by atoms with Gasteiger partial charge in [0.05, 0.1) is 12.9 Å². The second-order valence-electron chi connectivity index (χ2n) is 3.29. The van der Waals surface area contributed by atoms with Gasteiger partial charge < -0.3 is 4.74 Å². The van der Waals surface area contributed by atoms with Gasteiger partial charge >= 0.3 is 0 Å². The summed E-state index contributed by atoms with van der Waals surface area (Å²) in [7, 11) is -3.22. The third kappa shape index (κ3) is 5.23. The van der Waals surface area contributed by atoms with E-state index >= 15 is 0 Å². The predicted octanol–water partition coefficient (Wildman–Crippen LogP) is 2.07. The first-order valence-corrected chi connectivity index (χ1v) is 7.20. The molecule has 0 saturated heterocycles. The van der Waals surface area contributed by atoms with Crippen LogP contribution in [0.4, 0.5) is 5.69 Å². The fourth-order valence-electron chi connectivity index (χ4n) is 1.08. The average Bonchev–Trinajstić information content (AvgIpc) is 2.19. The molecule has 0 bridgehead atoms. The van der Waals surface area contributed by atoms with Crippen molar-refractivity contribution in [1.82, 2.24) is 0 Å². The Hall–Kier alpha value is -0.940. The summed E-state index contributed by atoms with van der Waals surface area (Å²) in [4.78, 5) is 0. The van der Waals surface area contributed by atoms with E-state index in [0.717, 1.165) is 12.7 Å². The number of anilines is 1. The molecule has 0 unspecified atom stereocenters. The summed E-state index contributed by atoms with van der Waals surface area (Å²) in [6, 6.07) is 6.72. The lowest BCUT2D eigenvalue weighted by Gasteiger charge is -2.07. The number of nitrogens with one attached hydrogen (secondary N) is 1. The number of hydrogen-bond acceptors (Lipinski definition) is 3. The van der Waals surface area contributed by atoms with Crippen LogP contribution in [0.2, 0.25) is 0 Å². The van der Waals surface area contributed by atoms with Crippen molar-refractivity contribution in [3.05, 3.63) is 24.3 Å². The average molecular weight is 264 g/mol. The van der Waals surface area contributed by atoms with Crippen LogP contribution in [0.1, 0.15) is 6.42 Å². The van der Waals surface area contributed by atoms with E-state index in [9.17, 15) is 8.42 Å². The van der Waals surface area contributed by atoms with Gasteiger partial charge in [-0.05, 0) is 30.7 Å². The molecule has 16 heavy (non-hydrogen) atoms. The smallest absolute Gasteiger partial charge is 0.229 e. The predicted molar refractivity (Wildman–Crippen MR) is 65.7 cm³/mol. The molecule has 1 aromatic rings. The van der Waals surface area contributed by atoms with Gasteiger partial charge in [-0.15, -0.1) is 11.6 Å². The highest BCUT2D eigenvalue weighted by Gasteiger charge is 2.01. The van der Waals surface area contributed by atoms with E-state index in [4.69, 9.17) is 16.3 Å². The molecule has 0 heterocycles. The second kappa shape index (κ2) is 5.96. The van der Waals surface area contributed by atoms with Crippen molar-refractivity contribution < 1.29 is 13.2 Å². The molecule has 0 aromatic heterocycles. The Bertz CT molecular complexity index is 416. The fourth-order valence-corrected chi connectivity index (χ4v) is 1.75. The van der Waals surface area contributed by atoms with Gasteiger partial charge in [0.2, 0.25) is 10.0 Å². The third-order valence-electron chi connectivity index (χ3n) is 1.70. The maximum Gasteiger partial charge on any atom is 0.229 e. The Morgan fingerprint density at radius 2 is 1.94 bits per heavy atom. The van der Waals surface area contributed by atoms with Crippen LogP contribution in [0.15, 0.2) is 24.3 Å². The van der Waals surface area contributed by atoms with Crippen molar-refractivity contribution in [2.75, 3.05) is 23.5 Å². The van der Waals surface area contributed by atoms with Crippen LogP contribution in [-0.2, 0) is 10.0 Å². The molecule has 0 fully saturated rings. The molecule has 0 saturated carbocycles. The SMILES string of the molecule is CS(=O)(=O)Nc1ccc(OCCCCl)cc1. The number of rotatable bonds is 6. The zero-order chi connectivity index (χ0) is 12.0. The maximum atomic E-state index is 10.9. The normalized spacial score (nSPS) is 11.1. The van der Waals surface area contributed by atoms with Crippen LogP contribution in [0, 0.1) is 0 Å². The van der Waals surface area contributed by atoms with Crippen LogP contribution in [-0.4, -0.2) is 27.2 Å². The van der Waals surface area contributed by atoms with Crippen molar-refractivity contribution in [1.29, 1.82) is 0 Å². The maximum absolute atomic E-state index is 10.9. The number of sulfonamides is 1. The summed E-state index contributed by atoms with van der Waals surface area (Å²) < 4.78 is 29.6. The van der Waals surface area contributed by atoms with E-state index in [0.29, 0.717) is 23.9 Å². The highest BCUT2D eigenvalue weighted by molar-refractivity contribution is 7.92. The lowest BCUT2D eigenvalue weighted by Crippen LogP contribution is -2.09. The van der Waals surface area contributed by atoms with Crippen LogP contribution in [0.5, 0.6) is 5.75 Å². The number of alkyl halides is 1. The van der Waals surface area contributed by atoms with Gasteiger partial charge in [-0.1, -0.05) is 0 Å². The van der Waals surface area contributed by atoms with Crippen molar-refractivity contribution >= 4 is 27.3 Å². The van der Waals surface area contributed by atoms with E-state index < -0.39 is 10.0 Å². The largest absolute Gasteiger partial charge is 0.494 e. The first kappa shape index (κ1) is 13.1. The molecule has 0 atom stereocenters. The molecule has 0 aliphatic carbocycles. The minimum absolute atomic E-state index is 0.521. The number of benzene rings is 1. The number of ether oxygens (including phenoxy) is 1. The van der Waals surface area contributed by atoms with Crippen molar-refractivity contribution in [3.63, 3.8) is 0 Å². The van der Waals surface area contributed by atoms with Gasteiger partial charge in [0.1, 0.15) is 5.75 Å². The Balaban J connectivity index is 2.54. The summed E-state index contributed by atoms with van der Waals surface area (Å²) >= 11 is 5.51. The molecule has 4 nitrogen and oxygen atoms in total. The summed E-state index contributed by atoms with van der Waals surface area (Å²) in [6.45, 7) is 0.558. The summed E-state index contributed by atoms with van der Waals surface area (Å²) in [5, 5.41) is 0. The van der Waals surface area contributed by atoms with E-state index in [2.05, 4.69) is 4.72 Å². The van der Waals surface area contributed by atoms with Crippen LogP contribution >= 0.6 is 11.6 Å². The molecule has 0 radical (unpaired) electrons. The Morgan fingerprint density at radius 3 is 2.44 bits per heavy atom. The summed E-state index contributed by atoms with van der Waals surface area (Å²) in [5.41, 5.74) is 0.521. The first-order valence-electron chi connectivity index (χ1n) is 4.78. The van der Waals surface area contributed by atoms with E-state index in [1.54, 1.807) is 24.3 Å². The molecule has 0 aliphatic rings. The van der Waals surface area contributed by atoms with Gasteiger partial charge in [-0.25, -0.2) is 8.42 Å². The quantitative estimate of drug-likeness (QED) is 0.631. The third-order valence-corrected chi connectivity index (χ3v) is 2.58. The van der Waals surface area contributed by atoms with Crippen LogP contribution < -0.4 is 9.46 Å². The van der Waals surface area contributed by atoms with Gasteiger partial charge in [0.25, 0.3) is 0 Å². The Kier molecular flexibility index (Phi) is 4.89. The number of halogens is 1. The van der Waals surface area contributed by atoms with Gasteiger partial charge in [-0.3, -0.25) is 4.72 Å². The molecule has 90 valence electrons. The van der Waals surface area contributed by atoms with Crippen LogP contribution in [0.25, 0.3) is 0 Å². The topological polar surface area (TPSA) is 55.4 Å². The van der Waals surface area contributed by atoms with Crippen molar-refractivity contribution in [2.24, 2.45) is 0 Å². The molecule has 6 heteroatoms. The molecule has 0 aliphatic heterocycles. The second-order valence-corrected chi connectivity index (χ2v) is 5.42. The molecular weight excluding hydrogens is 250 g/mol. The number of hydrogen-bond donors (Lipinski definition) is 1. The highest BCUT2D eigenvalue weighted by atomic mass is 35.5. The Morgan fingerprint density at radius 1 is 1.31 bits per heavy atom. The molecule has 1 aromatic carbocycles. The molecular formula is C10H14ClNO3S. The minimum Gasteiger partial charge on any atom is -0.494 e. The van der Waals surface area contributed by atoms with E-state index in [1.165, 1.54) is 0 Å². The van der Waals surface area contributed by atoms with E-state index in [1.807, 2.05) is 0 Å². The van der Waals surface area contributed by atoms with Crippen molar-refractivity contribution in [2.45, 2.75) is 6.42 Å². The standard InChI is InChI=1S/C10H14ClNO3S/c1-16(13,14)12-9-3-5-10(6-4-9)15-8-2-7-11/h3-6,12H,2,7-8H2,1H3. The monoisotopic (exact) mass is 263 g/mol. The van der Waals surface area contributed by atoms with Gasteiger partial charge in [0.15, 0.2) is 0 Å². The zero-order valence-electron chi connectivity index (χ0n) is 8.94. The van der Waals surface area contributed by atoms with Gasteiger partial charge in [0, 0.05) is 11.6 Å². The van der Waals surface area contributed by atoms with Crippen LogP contribution in [0.3, 0.4) is 0 Å². The first-order chi connectivity index (χ1) is 7.51. The van der Waals surface area contributed by atoms with Gasteiger partial charge in [-0.2, -0.15) is 0 Å². The lowest BCUT2D eigenvalue weighted by molar-refractivity contribution is 0.318. The fraction of sp³-hybridized carbons (Fsp3) is 0.400. The lowest BCUT2D eigenvalue weighted by atomic mass is 10.3. The summed E-state index contributed by atoms with van der Waals surface area (Å²) in [5.74, 6) is 1.26. The summed E-state index contributed by atoms with van der Waals surface area (Å²) in [6.07, 6.45) is 1.89. The van der Waals surface area contributed by atoms with E-state index in [-0.39, 0.29) is 0 Å².